The molecular weight excluding hydrogens is 560 g/mol. The molecule has 1 aliphatic heterocycles. The van der Waals surface area contributed by atoms with Gasteiger partial charge in [0.2, 0.25) is 0 Å². The van der Waals surface area contributed by atoms with E-state index in [0.29, 0.717) is 5.57 Å². The molecule has 5 nitrogen and oxygen atoms in total. The van der Waals surface area contributed by atoms with Crippen LogP contribution in [0.2, 0.25) is 0 Å². The molecule has 0 aromatic carbocycles. The average Bonchev–Trinajstić information content (AvgIpc) is 2.81. The number of halogens is 6. The fourth-order valence-corrected chi connectivity index (χ4v) is 5.98. The summed E-state index contributed by atoms with van der Waals surface area (Å²) in [6.07, 6.45) is 6.25. The Bertz CT molecular complexity index is 1140. The first-order valence-corrected chi connectivity index (χ1v) is 14.4. The van der Waals surface area contributed by atoms with Crippen molar-refractivity contribution in [1.29, 1.82) is 0 Å². The van der Waals surface area contributed by atoms with E-state index in [2.05, 4.69) is 10.8 Å². The van der Waals surface area contributed by atoms with Crippen molar-refractivity contribution in [3.05, 3.63) is 60.2 Å². The summed E-state index contributed by atoms with van der Waals surface area (Å²) in [7, 11) is -4.48. The number of alkyl halides is 5. The number of hydrogen-bond donors (Lipinski definition) is 0. The topological polar surface area (TPSA) is 55.8 Å². The minimum atomic E-state index is -5.96. The molecule has 2 rings (SSSR count). The van der Waals surface area contributed by atoms with Crippen LogP contribution in [0.3, 0.4) is 0 Å². The molecule has 0 aromatic rings. The van der Waals surface area contributed by atoms with Crippen LogP contribution in [0.5, 0.6) is 0 Å². The molecule has 0 bridgehead atoms. The number of piperidine rings is 1. The summed E-state index contributed by atoms with van der Waals surface area (Å²) in [4.78, 5) is 1.70. The summed E-state index contributed by atoms with van der Waals surface area (Å²) >= 11 is 0. The predicted molar refractivity (Wildman–Crippen MR) is 143 cm³/mol. The minimum Gasteiger partial charge on any atom is -0.381 e. The van der Waals surface area contributed by atoms with Gasteiger partial charge in [-0.1, -0.05) is 31.7 Å². The number of likely N-dealkylation sites (tertiary alicyclic amines) is 1. The van der Waals surface area contributed by atoms with Crippen LogP contribution < -0.4 is 0 Å². The second kappa shape index (κ2) is 12.9. The first kappa shape index (κ1) is 34.2. The van der Waals surface area contributed by atoms with Crippen molar-refractivity contribution in [2.75, 3.05) is 20.3 Å². The van der Waals surface area contributed by atoms with Gasteiger partial charge in [0.05, 0.1) is 12.0 Å². The van der Waals surface area contributed by atoms with Crippen molar-refractivity contribution >= 4 is 10.1 Å². The van der Waals surface area contributed by atoms with Gasteiger partial charge in [-0.2, -0.15) is 21.6 Å². The maximum atomic E-state index is 15.9. The molecule has 0 saturated carbocycles. The lowest BCUT2D eigenvalue weighted by molar-refractivity contribution is -0.0621. The van der Waals surface area contributed by atoms with Gasteiger partial charge in [0.25, 0.3) is 0 Å². The zero-order chi connectivity index (χ0) is 30.7. The molecule has 6 unspecified atom stereocenters. The normalized spacial score (nSPS) is 30.1. The highest BCUT2D eigenvalue weighted by atomic mass is 32.2. The van der Waals surface area contributed by atoms with Crippen LogP contribution in [0.15, 0.2) is 60.2 Å². The second-order valence-electron chi connectivity index (χ2n) is 11.3. The van der Waals surface area contributed by atoms with E-state index in [1.165, 1.54) is 53.0 Å². The van der Waals surface area contributed by atoms with Gasteiger partial charge in [-0.15, -0.1) is 0 Å². The number of rotatable bonds is 11. The fourth-order valence-electron chi connectivity index (χ4n) is 5.43. The van der Waals surface area contributed by atoms with E-state index in [1.807, 2.05) is 0 Å². The van der Waals surface area contributed by atoms with Crippen LogP contribution in [0.25, 0.3) is 0 Å². The maximum absolute atomic E-state index is 15.9. The first-order chi connectivity index (χ1) is 18.3. The third-order valence-electron chi connectivity index (χ3n) is 7.61. The van der Waals surface area contributed by atoms with Crippen LogP contribution in [0.1, 0.15) is 47.5 Å². The lowest BCUT2D eigenvalue weighted by Crippen LogP contribution is -2.61. The largest absolute Gasteiger partial charge is 0.534 e. The summed E-state index contributed by atoms with van der Waals surface area (Å²) in [6, 6.07) is -1.37. The smallest absolute Gasteiger partial charge is 0.381 e. The maximum Gasteiger partial charge on any atom is 0.534 e. The minimum absolute atomic E-state index is 0.0341. The quantitative estimate of drug-likeness (QED) is 0.0833. The number of ether oxygens (including phenoxy) is 1. The van der Waals surface area contributed by atoms with Gasteiger partial charge >= 0.3 is 15.6 Å². The molecule has 0 spiro atoms. The first-order valence-electron chi connectivity index (χ1n) is 13.0. The lowest BCUT2D eigenvalue weighted by Gasteiger charge is -2.54. The van der Waals surface area contributed by atoms with Crippen molar-refractivity contribution in [1.82, 2.24) is 4.90 Å². The third kappa shape index (κ3) is 7.82. The highest BCUT2D eigenvalue weighted by molar-refractivity contribution is 7.87. The SMILES string of the molecule is C=C/C=C(/OS(=O)(=O)C(F)(F)F)C(C)C1CC(C)N(CC(C)(C)F)C(C2(C)C(F)=CC(/C=C/COC)=CC2F)C1. The van der Waals surface area contributed by atoms with Crippen LogP contribution >= 0.6 is 0 Å². The van der Waals surface area contributed by atoms with Crippen LogP contribution in [0.4, 0.5) is 26.3 Å². The molecule has 0 aromatic heterocycles. The Kier molecular flexibility index (Phi) is 11.0. The van der Waals surface area contributed by atoms with E-state index in [4.69, 9.17) is 4.74 Å². The zero-order valence-corrected chi connectivity index (χ0v) is 24.5. The molecule has 1 heterocycles. The lowest BCUT2D eigenvalue weighted by atomic mass is 9.65. The van der Waals surface area contributed by atoms with Gasteiger partial charge in [0.15, 0.2) is 0 Å². The van der Waals surface area contributed by atoms with Crippen LogP contribution in [-0.2, 0) is 19.0 Å². The molecule has 1 saturated heterocycles. The molecule has 0 radical (unpaired) electrons. The van der Waals surface area contributed by atoms with Crippen LogP contribution in [0, 0.1) is 17.3 Å². The Morgan fingerprint density at radius 3 is 2.40 bits per heavy atom. The van der Waals surface area contributed by atoms with Crippen molar-refractivity contribution < 1.29 is 43.7 Å². The molecule has 1 aliphatic carbocycles. The molecule has 40 heavy (non-hydrogen) atoms. The summed E-state index contributed by atoms with van der Waals surface area (Å²) < 4.78 is 119. The van der Waals surface area contributed by atoms with Crippen molar-refractivity contribution in [2.24, 2.45) is 17.3 Å². The Hall–Kier alpha value is -2.05. The van der Waals surface area contributed by atoms with Crippen molar-refractivity contribution in [2.45, 2.75) is 76.9 Å². The number of methoxy groups -OCH3 is 1. The monoisotopic (exact) mass is 599 g/mol. The van der Waals surface area contributed by atoms with E-state index >= 15 is 8.78 Å². The summed E-state index contributed by atoms with van der Waals surface area (Å²) in [5.41, 5.74) is -8.82. The van der Waals surface area contributed by atoms with Gasteiger partial charge in [0.1, 0.15) is 23.4 Å². The summed E-state index contributed by atoms with van der Waals surface area (Å²) in [6.45, 7) is 10.9. The van der Waals surface area contributed by atoms with Crippen LogP contribution in [-0.4, -0.2) is 63.0 Å². The Morgan fingerprint density at radius 2 is 1.90 bits per heavy atom. The van der Waals surface area contributed by atoms with E-state index in [9.17, 15) is 26.0 Å². The second-order valence-corrected chi connectivity index (χ2v) is 12.8. The highest BCUT2D eigenvalue weighted by Crippen LogP contribution is 2.51. The molecule has 1 fully saturated rings. The predicted octanol–water partition coefficient (Wildman–Crippen LogP) is 7.12. The molecule has 228 valence electrons. The van der Waals surface area contributed by atoms with E-state index in [1.54, 1.807) is 17.9 Å². The average molecular weight is 600 g/mol. The standard InChI is InChI=1S/C28H39F6NO4S/c1-8-10-22(39-40(36,37)28(32,33)34)19(3)21-13-18(2)35(17-26(4,5)31)25(16-21)27(6)23(29)14-20(15-24(27)30)11-9-12-38-7/h8-11,14-15,18-19,21,23,25H,1,12-13,16-17H2,2-7H3/b11-9+,22-10+. The molecule has 2 aliphatic rings. The van der Waals surface area contributed by atoms with Gasteiger partial charge in [-0.25, -0.2) is 13.2 Å². The highest BCUT2D eigenvalue weighted by Gasteiger charge is 2.54. The number of nitrogens with zero attached hydrogens (tertiary/aromatic N) is 1. The third-order valence-corrected chi connectivity index (χ3v) is 8.59. The van der Waals surface area contributed by atoms with Gasteiger partial charge < -0.3 is 8.92 Å². The van der Waals surface area contributed by atoms with E-state index in [0.717, 1.165) is 12.2 Å². The summed E-state index contributed by atoms with van der Waals surface area (Å²) in [5.74, 6) is -2.71. The molecule has 0 amide bonds. The number of allylic oxidation sites excluding steroid dienone is 7. The molecular formula is C28H39F6NO4S. The van der Waals surface area contributed by atoms with Gasteiger partial charge in [-0.05, 0) is 70.3 Å². The Labute approximate surface area is 233 Å². The molecule has 0 N–H and O–H groups in total. The van der Waals surface area contributed by atoms with E-state index in [-0.39, 0.29) is 26.0 Å². The Morgan fingerprint density at radius 1 is 1.27 bits per heavy atom. The molecule has 6 atom stereocenters. The zero-order valence-electron chi connectivity index (χ0n) is 23.6. The van der Waals surface area contributed by atoms with E-state index < -0.39 is 68.4 Å². The van der Waals surface area contributed by atoms with Gasteiger partial charge in [0, 0.05) is 31.7 Å². The molecule has 12 heteroatoms. The Balaban J connectivity index is 2.52. The number of hydrogen-bond acceptors (Lipinski definition) is 5. The van der Waals surface area contributed by atoms with Gasteiger partial charge in [-0.3, -0.25) is 4.90 Å². The van der Waals surface area contributed by atoms with Crippen molar-refractivity contribution in [3.8, 4) is 0 Å². The summed E-state index contributed by atoms with van der Waals surface area (Å²) in [5, 5.41) is 0. The van der Waals surface area contributed by atoms with Crippen molar-refractivity contribution in [3.63, 3.8) is 0 Å². The fraction of sp³-hybridized carbons (Fsp3) is 0.643.